The number of thioether (sulfide) groups is 1. The first-order valence-corrected chi connectivity index (χ1v) is 12.4. The molecular formula is C26H31N3OS. The molecule has 2 aromatic carbocycles. The Labute approximate surface area is 189 Å². The van der Waals surface area contributed by atoms with E-state index in [1.807, 2.05) is 46.9 Å². The minimum absolute atomic E-state index is 0.189. The van der Waals surface area contributed by atoms with Crippen molar-refractivity contribution in [3.63, 3.8) is 0 Å². The Bertz CT molecular complexity index is 971. The summed E-state index contributed by atoms with van der Waals surface area (Å²) in [5.74, 6) is 1.32. The second kappa shape index (κ2) is 10.7. The van der Waals surface area contributed by atoms with Gasteiger partial charge in [0.25, 0.3) is 0 Å². The lowest BCUT2D eigenvalue weighted by molar-refractivity contribution is -0.131. The van der Waals surface area contributed by atoms with E-state index in [9.17, 15) is 4.79 Å². The van der Waals surface area contributed by atoms with Crippen molar-refractivity contribution < 1.29 is 4.79 Å². The van der Waals surface area contributed by atoms with Gasteiger partial charge >= 0.3 is 0 Å². The van der Waals surface area contributed by atoms with Gasteiger partial charge in [0.2, 0.25) is 5.91 Å². The average Bonchev–Trinajstić information content (AvgIpc) is 3.45. The summed E-state index contributed by atoms with van der Waals surface area (Å²) in [6, 6.07) is 20.7. The van der Waals surface area contributed by atoms with Crippen molar-refractivity contribution in [1.29, 1.82) is 0 Å². The predicted molar refractivity (Wildman–Crippen MR) is 129 cm³/mol. The molecule has 162 valence electrons. The molecule has 0 bridgehead atoms. The molecule has 31 heavy (non-hydrogen) atoms. The van der Waals surface area contributed by atoms with Gasteiger partial charge in [0, 0.05) is 36.3 Å². The number of hydrogen-bond donors (Lipinski definition) is 0. The van der Waals surface area contributed by atoms with Crippen molar-refractivity contribution in [3.8, 4) is 16.9 Å². The topological polar surface area (TPSA) is 38.1 Å². The van der Waals surface area contributed by atoms with Gasteiger partial charge in [-0.1, -0.05) is 74.7 Å². The number of carbonyl (C=O) groups is 1. The van der Waals surface area contributed by atoms with E-state index in [2.05, 4.69) is 48.2 Å². The highest BCUT2D eigenvalue weighted by Crippen LogP contribution is 2.33. The molecule has 1 aromatic heterocycles. The van der Waals surface area contributed by atoms with Crippen molar-refractivity contribution in [2.45, 2.75) is 50.8 Å². The maximum atomic E-state index is 12.9. The number of hydrogen-bond acceptors (Lipinski definition) is 3. The second-order valence-corrected chi connectivity index (χ2v) is 9.34. The second-order valence-electron chi connectivity index (χ2n) is 8.06. The van der Waals surface area contributed by atoms with Crippen LogP contribution < -0.4 is 0 Å². The number of amides is 1. The Morgan fingerprint density at radius 2 is 1.77 bits per heavy atom. The Kier molecular flexibility index (Phi) is 7.47. The normalized spacial score (nSPS) is 16.0. The molecule has 4 rings (SSSR count). The van der Waals surface area contributed by atoms with E-state index in [1.165, 1.54) is 18.4 Å². The number of benzene rings is 2. The molecule has 1 unspecified atom stereocenters. The van der Waals surface area contributed by atoms with Gasteiger partial charge in [-0.15, -0.1) is 11.8 Å². The quantitative estimate of drug-likeness (QED) is 0.391. The van der Waals surface area contributed by atoms with E-state index in [0.29, 0.717) is 12.3 Å². The Hall–Kier alpha value is -2.53. The lowest BCUT2D eigenvalue weighted by atomic mass is 10.0. The number of para-hydroxylation sites is 1. The lowest BCUT2D eigenvalue weighted by Gasteiger charge is -2.24. The van der Waals surface area contributed by atoms with E-state index in [1.54, 1.807) is 0 Å². The molecule has 0 aliphatic carbocycles. The highest BCUT2D eigenvalue weighted by atomic mass is 32.2. The van der Waals surface area contributed by atoms with Crippen LogP contribution in [0.3, 0.4) is 0 Å². The fourth-order valence-electron chi connectivity index (χ4n) is 4.21. The molecule has 4 nitrogen and oxygen atoms in total. The van der Waals surface area contributed by atoms with Gasteiger partial charge in [-0.2, -0.15) is 5.10 Å². The summed E-state index contributed by atoms with van der Waals surface area (Å²) in [6.45, 7) is 3.06. The van der Waals surface area contributed by atoms with Gasteiger partial charge in [-0.3, -0.25) is 4.79 Å². The van der Waals surface area contributed by atoms with Crippen molar-refractivity contribution in [1.82, 2.24) is 14.7 Å². The van der Waals surface area contributed by atoms with Crippen LogP contribution in [0.25, 0.3) is 16.9 Å². The minimum atomic E-state index is 0.189. The molecule has 0 radical (unpaired) electrons. The fourth-order valence-corrected chi connectivity index (χ4v) is 5.49. The molecule has 1 aliphatic heterocycles. The Balaban J connectivity index is 1.57. The third-order valence-electron chi connectivity index (χ3n) is 5.84. The lowest BCUT2D eigenvalue weighted by Crippen LogP contribution is -2.35. The summed E-state index contributed by atoms with van der Waals surface area (Å²) in [7, 11) is 0. The van der Waals surface area contributed by atoms with Crippen molar-refractivity contribution in [2.75, 3.05) is 12.3 Å². The molecule has 3 aromatic rings. The molecule has 1 atom stereocenters. The molecular weight excluding hydrogens is 402 g/mol. The van der Waals surface area contributed by atoms with Crippen LogP contribution in [0, 0.1) is 0 Å². The number of carbonyl (C=O) groups excluding carboxylic acids is 1. The SMILES string of the molecule is CCCCCCC(=O)N1CCSC1Cc1cnn(-c2ccccc2)c1-c1ccccc1. The zero-order chi connectivity index (χ0) is 21.5. The summed E-state index contributed by atoms with van der Waals surface area (Å²) < 4.78 is 2.03. The first-order chi connectivity index (χ1) is 15.3. The number of aromatic nitrogens is 2. The molecule has 5 heteroatoms. The summed E-state index contributed by atoms with van der Waals surface area (Å²) in [4.78, 5) is 15.0. The van der Waals surface area contributed by atoms with Crippen molar-refractivity contribution in [2.24, 2.45) is 0 Å². The molecule has 1 saturated heterocycles. The standard InChI is InChI=1S/C26H31N3OS/c1-2-3-4-11-16-24(30)28-17-18-31-25(28)19-22-20-27-29(23-14-9-6-10-15-23)26(22)21-12-7-5-8-13-21/h5-10,12-15,20,25H,2-4,11,16-19H2,1H3. The highest BCUT2D eigenvalue weighted by Gasteiger charge is 2.30. The molecule has 0 spiro atoms. The predicted octanol–water partition coefficient (Wildman–Crippen LogP) is 5.95. The third-order valence-corrected chi connectivity index (χ3v) is 7.07. The molecule has 1 aliphatic rings. The van der Waals surface area contributed by atoms with Crippen LogP contribution in [-0.2, 0) is 11.2 Å². The van der Waals surface area contributed by atoms with E-state index in [0.717, 1.165) is 48.5 Å². The minimum Gasteiger partial charge on any atom is -0.330 e. The first-order valence-electron chi connectivity index (χ1n) is 11.4. The number of rotatable bonds is 9. The van der Waals surface area contributed by atoms with Crippen molar-refractivity contribution in [3.05, 3.63) is 72.4 Å². The van der Waals surface area contributed by atoms with E-state index in [4.69, 9.17) is 5.10 Å². The molecule has 1 amide bonds. The summed E-state index contributed by atoms with van der Waals surface area (Å²) in [6.07, 6.45) is 8.04. The van der Waals surface area contributed by atoms with Crippen LogP contribution in [-0.4, -0.2) is 38.3 Å². The molecule has 2 heterocycles. The van der Waals surface area contributed by atoms with Crippen LogP contribution in [0.2, 0.25) is 0 Å². The van der Waals surface area contributed by atoms with Gasteiger partial charge < -0.3 is 4.90 Å². The molecule has 1 fully saturated rings. The van der Waals surface area contributed by atoms with E-state index < -0.39 is 0 Å². The van der Waals surface area contributed by atoms with Gasteiger partial charge in [-0.05, 0) is 18.6 Å². The number of nitrogens with zero attached hydrogens (tertiary/aromatic N) is 3. The first kappa shape index (κ1) is 21.7. The molecule has 0 saturated carbocycles. The number of unbranched alkanes of at least 4 members (excludes halogenated alkanes) is 3. The van der Waals surface area contributed by atoms with Crippen LogP contribution in [0.5, 0.6) is 0 Å². The van der Waals surface area contributed by atoms with Crippen LogP contribution in [0.4, 0.5) is 0 Å². The maximum absolute atomic E-state index is 12.9. The van der Waals surface area contributed by atoms with Gasteiger partial charge in [0.1, 0.15) is 0 Å². The Morgan fingerprint density at radius 3 is 2.52 bits per heavy atom. The summed E-state index contributed by atoms with van der Waals surface area (Å²) in [5.41, 5.74) is 4.52. The van der Waals surface area contributed by atoms with Crippen LogP contribution in [0.1, 0.15) is 44.6 Å². The van der Waals surface area contributed by atoms with Gasteiger partial charge in [0.05, 0.1) is 23.0 Å². The zero-order valence-electron chi connectivity index (χ0n) is 18.2. The third kappa shape index (κ3) is 5.21. The molecule has 0 N–H and O–H groups in total. The van der Waals surface area contributed by atoms with E-state index in [-0.39, 0.29) is 5.37 Å². The average molecular weight is 434 g/mol. The van der Waals surface area contributed by atoms with Crippen LogP contribution in [0.15, 0.2) is 66.9 Å². The van der Waals surface area contributed by atoms with Gasteiger partial charge in [0.15, 0.2) is 0 Å². The van der Waals surface area contributed by atoms with Gasteiger partial charge in [-0.25, -0.2) is 4.68 Å². The summed E-state index contributed by atoms with van der Waals surface area (Å²) >= 11 is 1.89. The maximum Gasteiger partial charge on any atom is 0.223 e. The van der Waals surface area contributed by atoms with Crippen LogP contribution >= 0.6 is 11.8 Å². The largest absolute Gasteiger partial charge is 0.330 e. The smallest absolute Gasteiger partial charge is 0.223 e. The Morgan fingerprint density at radius 1 is 1.03 bits per heavy atom. The van der Waals surface area contributed by atoms with E-state index >= 15 is 0 Å². The summed E-state index contributed by atoms with van der Waals surface area (Å²) in [5, 5.41) is 4.94. The van der Waals surface area contributed by atoms with Crippen molar-refractivity contribution >= 4 is 17.7 Å². The monoisotopic (exact) mass is 433 g/mol. The fraction of sp³-hybridized carbons (Fsp3) is 0.385. The zero-order valence-corrected chi connectivity index (χ0v) is 19.1. The highest BCUT2D eigenvalue weighted by molar-refractivity contribution is 8.00.